The van der Waals surface area contributed by atoms with E-state index in [1.807, 2.05) is 6.92 Å². The van der Waals surface area contributed by atoms with Gasteiger partial charge in [0.2, 0.25) is 11.2 Å². The highest BCUT2D eigenvalue weighted by atomic mass is 35.5. The first-order valence-electron chi connectivity index (χ1n) is 8.11. The molecule has 134 valence electrons. The lowest BCUT2D eigenvalue weighted by Crippen LogP contribution is -2.40. The summed E-state index contributed by atoms with van der Waals surface area (Å²) in [5.41, 5.74) is 1.44. The van der Waals surface area contributed by atoms with E-state index in [1.54, 1.807) is 49.4 Å². The molecule has 0 N–H and O–H groups in total. The Morgan fingerprint density at radius 1 is 1.23 bits per heavy atom. The number of carboxylic acid groups (broad SMARTS) is 1. The van der Waals surface area contributed by atoms with E-state index in [2.05, 4.69) is 0 Å². The van der Waals surface area contributed by atoms with E-state index in [0.29, 0.717) is 21.6 Å². The second-order valence-corrected chi connectivity index (χ2v) is 6.37. The predicted octanol–water partition coefficient (Wildman–Crippen LogP) is 3.33. The molecule has 0 fully saturated rings. The molecule has 1 heterocycles. The topological polar surface area (TPSA) is 79.6 Å². The molecular formula is C20H16ClO5-. The Hall–Kier alpha value is -2.79. The molecule has 3 aromatic rings. The zero-order valence-electron chi connectivity index (χ0n) is 14.2. The number of halogens is 1. The number of rotatable bonds is 5. The molecule has 1 aromatic heterocycles. The molecule has 0 aliphatic heterocycles. The van der Waals surface area contributed by atoms with Crippen molar-refractivity contribution in [2.24, 2.45) is 0 Å². The third-order valence-corrected chi connectivity index (χ3v) is 4.26. The van der Waals surface area contributed by atoms with Crippen LogP contribution in [0.2, 0.25) is 5.02 Å². The lowest BCUT2D eigenvalue weighted by molar-refractivity contribution is -0.313. The summed E-state index contributed by atoms with van der Waals surface area (Å²) >= 11 is 5.92. The zero-order valence-corrected chi connectivity index (χ0v) is 15.0. The average Bonchev–Trinajstić information content (AvgIpc) is 2.61. The zero-order chi connectivity index (χ0) is 18.8. The Labute approximate surface area is 154 Å². The van der Waals surface area contributed by atoms with E-state index in [1.165, 1.54) is 0 Å². The van der Waals surface area contributed by atoms with E-state index in [4.69, 9.17) is 20.8 Å². The summed E-state index contributed by atoms with van der Waals surface area (Å²) in [6.07, 6.45) is -1.11. The minimum atomic E-state index is -1.39. The minimum Gasteiger partial charge on any atom is -0.546 e. The molecule has 3 rings (SSSR count). The first kappa shape index (κ1) is 18.0. The van der Waals surface area contributed by atoms with E-state index in [9.17, 15) is 14.7 Å². The van der Waals surface area contributed by atoms with Crippen LogP contribution in [0.25, 0.3) is 22.3 Å². The molecule has 1 atom stereocenters. The lowest BCUT2D eigenvalue weighted by Gasteiger charge is -2.19. The number of carbonyl (C=O) groups is 1. The number of aliphatic carboxylic acids is 1. The molecule has 2 aromatic carbocycles. The van der Waals surface area contributed by atoms with Gasteiger partial charge in [-0.25, -0.2) is 0 Å². The highest BCUT2D eigenvalue weighted by Crippen LogP contribution is 2.32. The van der Waals surface area contributed by atoms with Crippen molar-refractivity contribution >= 4 is 28.5 Å². The molecular weight excluding hydrogens is 356 g/mol. The summed E-state index contributed by atoms with van der Waals surface area (Å²) in [6, 6.07) is 11.8. The molecule has 0 unspecified atom stereocenters. The number of aryl methyl sites for hydroxylation is 1. The van der Waals surface area contributed by atoms with Crippen molar-refractivity contribution in [2.45, 2.75) is 26.4 Å². The lowest BCUT2D eigenvalue weighted by atomic mass is 10.1. The molecule has 0 aliphatic rings. The summed E-state index contributed by atoms with van der Waals surface area (Å²) in [6.45, 7) is 3.52. The quantitative estimate of drug-likeness (QED) is 0.687. The number of hydrogen-bond donors (Lipinski definition) is 0. The first-order chi connectivity index (χ1) is 12.4. The predicted molar refractivity (Wildman–Crippen MR) is 97.4 cm³/mol. The normalized spacial score (nSPS) is 12.1. The molecule has 0 spiro atoms. The van der Waals surface area contributed by atoms with Gasteiger partial charge in [-0.3, -0.25) is 4.79 Å². The molecule has 0 aliphatic carbocycles. The fraction of sp³-hybridized carbons (Fsp3) is 0.200. The van der Waals surface area contributed by atoms with Gasteiger partial charge < -0.3 is 19.1 Å². The van der Waals surface area contributed by atoms with E-state index < -0.39 is 17.5 Å². The van der Waals surface area contributed by atoms with Crippen LogP contribution in [0.5, 0.6) is 5.75 Å². The van der Waals surface area contributed by atoms with Crippen LogP contribution in [0, 0.1) is 6.92 Å². The average molecular weight is 372 g/mol. The van der Waals surface area contributed by atoms with Gasteiger partial charge in [0.1, 0.15) is 11.7 Å². The second kappa shape index (κ2) is 7.22. The number of hydrogen-bond acceptors (Lipinski definition) is 5. The third kappa shape index (κ3) is 3.44. The molecule has 0 saturated heterocycles. The van der Waals surface area contributed by atoms with Gasteiger partial charge in [0.05, 0.1) is 11.4 Å². The first-order valence-corrected chi connectivity index (χ1v) is 8.49. The Balaban J connectivity index is 2.28. The monoisotopic (exact) mass is 371 g/mol. The van der Waals surface area contributed by atoms with Gasteiger partial charge >= 0.3 is 0 Å². The fourth-order valence-corrected chi connectivity index (χ4v) is 2.75. The van der Waals surface area contributed by atoms with Crippen molar-refractivity contribution in [3.8, 4) is 17.1 Å². The maximum Gasteiger partial charge on any atom is 0.235 e. The summed E-state index contributed by atoms with van der Waals surface area (Å²) < 4.78 is 11.4. The van der Waals surface area contributed by atoms with Gasteiger partial charge in [-0.05, 0) is 55.3 Å². The molecule has 5 nitrogen and oxygen atoms in total. The van der Waals surface area contributed by atoms with Crippen molar-refractivity contribution in [3.63, 3.8) is 0 Å². The highest BCUT2D eigenvalue weighted by molar-refractivity contribution is 6.30. The number of ether oxygens (including phenoxy) is 1. The van der Waals surface area contributed by atoms with E-state index >= 15 is 0 Å². The van der Waals surface area contributed by atoms with Gasteiger partial charge in [0, 0.05) is 10.6 Å². The van der Waals surface area contributed by atoms with Crippen LogP contribution in [-0.2, 0) is 4.79 Å². The maximum atomic E-state index is 13.0. The highest BCUT2D eigenvalue weighted by Gasteiger charge is 2.21. The Morgan fingerprint density at radius 2 is 1.92 bits per heavy atom. The molecule has 0 saturated carbocycles. The number of fused-ring (bicyclic) bond motifs is 1. The summed E-state index contributed by atoms with van der Waals surface area (Å²) in [5, 5.41) is 12.1. The van der Waals surface area contributed by atoms with Crippen molar-refractivity contribution < 1.29 is 19.1 Å². The van der Waals surface area contributed by atoms with Gasteiger partial charge in [-0.2, -0.15) is 0 Å². The maximum absolute atomic E-state index is 13.0. The molecule has 0 radical (unpaired) electrons. The largest absolute Gasteiger partial charge is 0.546 e. The summed E-state index contributed by atoms with van der Waals surface area (Å²) in [7, 11) is 0. The van der Waals surface area contributed by atoms with Gasteiger partial charge in [-0.1, -0.05) is 24.6 Å². The Bertz CT molecular complexity index is 1020. The molecule has 6 heteroatoms. The fourth-order valence-electron chi connectivity index (χ4n) is 2.62. The van der Waals surface area contributed by atoms with Crippen molar-refractivity contribution in [1.82, 2.24) is 0 Å². The van der Waals surface area contributed by atoms with Gasteiger partial charge in [0.25, 0.3) is 0 Å². The minimum absolute atomic E-state index is 0.147. The van der Waals surface area contributed by atoms with Gasteiger partial charge in [0.15, 0.2) is 5.76 Å². The van der Waals surface area contributed by atoms with Crippen LogP contribution in [0.3, 0.4) is 0 Å². The van der Waals surface area contributed by atoms with Crippen LogP contribution in [0.4, 0.5) is 0 Å². The molecule has 26 heavy (non-hydrogen) atoms. The van der Waals surface area contributed by atoms with E-state index in [-0.39, 0.29) is 17.9 Å². The molecule has 0 bridgehead atoms. The number of benzene rings is 2. The van der Waals surface area contributed by atoms with Crippen molar-refractivity contribution in [1.29, 1.82) is 0 Å². The van der Waals surface area contributed by atoms with Crippen molar-refractivity contribution in [2.75, 3.05) is 0 Å². The van der Waals surface area contributed by atoms with Crippen LogP contribution >= 0.6 is 11.6 Å². The number of carbonyl (C=O) groups excluding carboxylic acids is 1. The van der Waals surface area contributed by atoms with Crippen LogP contribution < -0.4 is 15.3 Å². The summed E-state index contributed by atoms with van der Waals surface area (Å²) in [4.78, 5) is 24.2. The number of carboxylic acids is 1. The standard InChI is InChI=1S/C20H17ClO5/c1-3-15(20(23)24)25-19-17(22)14-9-4-11(2)10-16(14)26-18(19)12-5-7-13(21)8-6-12/h4-10,15H,3H2,1-2H3,(H,23,24)/p-1/t15-/m1/s1. The van der Waals surface area contributed by atoms with Crippen LogP contribution in [0.1, 0.15) is 18.9 Å². The second-order valence-electron chi connectivity index (χ2n) is 5.93. The van der Waals surface area contributed by atoms with Crippen LogP contribution in [-0.4, -0.2) is 12.1 Å². The third-order valence-electron chi connectivity index (χ3n) is 4.01. The Kier molecular flexibility index (Phi) is 5.00. The van der Waals surface area contributed by atoms with E-state index in [0.717, 1.165) is 5.56 Å². The molecule has 0 amide bonds. The smallest absolute Gasteiger partial charge is 0.235 e. The summed E-state index contributed by atoms with van der Waals surface area (Å²) in [5.74, 6) is -1.39. The van der Waals surface area contributed by atoms with Crippen LogP contribution in [0.15, 0.2) is 51.7 Å². The van der Waals surface area contributed by atoms with Gasteiger partial charge in [-0.15, -0.1) is 0 Å². The SMILES string of the molecule is CC[C@@H](Oc1c(-c2ccc(Cl)cc2)oc2cc(C)ccc2c1=O)C(=O)[O-]. The Morgan fingerprint density at radius 3 is 2.54 bits per heavy atom. The van der Waals surface area contributed by atoms with Crippen molar-refractivity contribution in [3.05, 3.63) is 63.3 Å².